The topological polar surface area (TPSA) is 80.8 Å². The maximum absolute atomic E-state index is 13.4. The molecule has 3 heterocycles. The molecule has 41 heavy (non-hydrogen) atoms. The van der Waals surface area contributed by atoms with Crippen LogP contribution in [0.15, 0.2) is 79.0 Å². The highest BCUT2D eigenvalue weighted by molar-refractivity contribution is 5.98. The van der Waals surface area contributed by atoms with Crippen molar-refractivity contribution in [1.82, 2.24) is 4.98 Å². The fourth-order valence-corrected chi connectivity index (χ4v) is 6.05. The van der Waals surface area contributed by atoms with Crippen LogP contribution >= 0.6 is 0 Å². The third-order valence-electron chi connectivity index (χ3n) is 8.02. The van der Waals surface area contributed by atoms with Gasteiger partial charge in [-0.15, -0.1) is 0 Å². The molecule has 2 aliphatic rings. The second-order valence-electron chi connectivity index (χ2n) is 10.6. The Kier molecular flexibility index (Phi) is 6.73. The predicted molar refractivity (Wildman–Crippen MR) is 159 cm³/mol. The molecule has 6 rings (SSSR count). The zero-order chi connectivity index (χ0) is 28.7. The number of ether oxygens (including phenoxy) is 2. The van der Waals surface area contributed by atoms with Gasteiger partial charge in [-0.1, -0.05) is 24.3 Å². The molecule has 1 spiro atoms. The summed E-state index contributed by atoms with van der Waals surface area (Å²) < 4.78 is 13.1. The average Bonchev–Trinajstić information content (AvgIpc) is 3.25. The number of nitrogens with zero attached hydrogens (tertiary/aromatic N) is 2. The third kappa shape index (κ3) is 4.42. The standard InChI is InChI=1S/C34H33N3O4/c1-5-37(6-2)24-14-15-27-30(20-24)40-31-18-21(3)17-29(36-28(22(4)38)19-23-11-9-10-16-35-23)32(31)34(27)26-13-8-7-12-25(26)33(39)41-34/h7-18,20,28,36H,5-6,19H2,1-4H3. The van der Waals surface area contributed by atoms with Crippen LogP contribution in [0, 0.1) is 6.92 Å². The highest BCUT2D eigenvalue weighted by atomic mass is 16.6. The number of hydrogen-bond acceptors (Lipinski definition) is 7. The van der Waals surface area contributed by atoms with E-state index < -0.39 is 17.6 Å². The van der Waals surface area contributed by atoms with Crippen molar-refractivity contribution in [2.45, 2.75) is 45.8 Å². The number of ketones is 1. The molecule has 0 aliphatic carbocycles. The zero-order valence-corrected chi connectivity index (χ0v) is 23.7. The molecule has 7 heteroatoms. The minimum absolute atomic E-state index is 0.0234. The molecular formula is C34H33N3O4. The van der Waals surface area contributed by atoms with Crippen molar-refractivity contribution in [3.05, 3.63) is 113 Å². The molecule has 3 aromatic carbocycles. The van der Waals surface area contributed by atoms with Gasteiger partial charge in [0.25, 0.3) is 0 Å². The first-order chi connectivity index (χ1) is 19.8. The third-order valence-corrected chi connectivity index (χ3v) is 8.02. The molecule has 0 bridgehead atoms. The minimum atomic E-state index is -1.25. The van der Waals surface area contributed by atoms with Crippen molar-refractivity contribution in [3.8, 4) is 11.5 Å². The number of nitrogens with one attached hydrogen (secondary N) is 1. The lowest BCUT2D eigenvalue weighted by atomic mass is 9.76. The van der Waals surface area contributed by atoms with Crippen LogP contribution in [-0.2, 0) is 21.6 Å². The summed E-state index contributed by atoms with van der Waals surface area (Å²) >= 11 is 0. The quantitative estimate of drug-likeness (QED) is 0.255. The van der Waals surface area contributed by atoms with Gasteiger partial charge in [0.15, 0.2) is 11.4 Å². The Hall–Kier alpha value is -4.65. The molecule has 0 amide bonds. The van der Waals surface area contributed by atoms with Crippen molar-refractivity contribution >= 4 is 23.1 Å². The highest BCUT2D eigenvalue weighted by Gasteiger charge is 2.55. The summed E-state index contributed by atoms with van der Waals surface area (Å²) in [5, 5.41) is 3.50. The molecule has 0 saturated heterocycles. The summed E-state index contributed by atoms with van der Waals surface area (Å²) in [6, 6.07) is 22.7. The Morgan fingerprint density at radius 2 is 1.76 bits per heavy atom. The molecule has 0 radical (unpaired) electrons. The summed E-state index contributed by atoms with van der Waals surface area (Å²) in [5.41, 5.74) is 4.90. The normalized spacial score (nSPS) is 17.1. The maximum Gasteiger partial charge on any atom is 0.340 e. The van der Waals surface area contributed by atoms with Gasteiger partial charge < -0.3 is 19.7 Å². The van der Waals surface area contributed by atoms with E-state index in [0.717, 1.165) is 41.2 Å². The number of esters is 1. The number of benzene rings is 3. The van der Waals surface area contributed by atoms with Gasteiger partial charge >= 0.3 is 5.97 Å². The first kappa shape index (κ1) is 26.6. The lowest BCUT2D eigenvalue weighted by molar-refractivity contribution is -0.117. The van der Waals surface area contributed by atoms with E-state index in [9.17, 15) is 9.59 Å². The first-order valence-corrected chi connectivity index (χ1v) is 14.1. The van der Waals surface area contributed by atoms with Gasteiger partial charge in [-0.2, -0.15) is 0 Å². The van der Waals surface area contributed by atoms with Gasteiger partial charge in [-0.25, -0.2) is 4.79 Å². The summed E-state index contributed by atoms with van der Waals surface area (Å²) in [6.07, 6.45) is 2.13. The van der Waals surface area contributed by atoms with Crippen LogP contribution in [0.25, 0.3) is 0 Å². The largest absolute Gasteiger partial charge is 0.456 e. The number of hydrogen-bond donors (Lipinski definition) is 1. The van der Waals surface area contributed by atoms with E-state index in [1.807, 2.05) is 67.6 Å². The van der Waals surface area contributed by atoms with Crippen LogP contribution < -0.4 is 15.0 Å². The number of carbonyl (C=O) groups excluding carboxylic acids is 2. The fourth-order valence-electron chi connectivity index (χ4n) is 6.05. The molecule has 2 unspecified atom stereocenters. The predicted octanol–water partition coefficient (Wildman–Crippen LogP) is 6.42. The Bertz CT molecular complexity index is 1650. The second kappa shape index (κ2) is 10.4. The van der Waals surface area contributed by atoms with Crippen LogP contribution in [0.3, 0.4) is 0 Å². The van der Waals surface area contributed by atoms with Crippen molar-refractivity contribution in [1.29, 1.82) is 0 Å². The highest BCUT2D eigenvalue weighted by Crippen LogP contribution is 2.58. The van der Waals surface area contributed by atoms with Crippen molar-refractivity contribution in [2.75, 3.05) is 23.3 Å². The van der Waals surface area contributed by atoms with Crippen LogP contribution in [0.2, 0.25) is 0 Å². The molecule has 2 atom stereocenters. The fraction of sp³-hybridized carbons (Fsp3) is 0.265. The Morgan fingerprint density at radius 3 is 2.49 bits per heavy atom. The number of fused-ring (bicyclic) bond motifs is 6. The lowest BCUT2D eigenvalue weighted by Crippen LogP contribution is -2.37. The van der Waals surface area contributed by atoms with E-state index >= 15 is 0 Å². The summed E-state index contributed by atoms with van der Waals surface area (Å²) in [6.45, 7) is 9.50. The second-order valence-corrected chi connectivity index (χ2v) is 10.6. The monoisotopic (exact) mass is 547 g/mol. The lowest BCUT2D eigenvalue weighted by Gasteiger charge is -2.39. The summed E-state index contributed by atoms with van der Waals surface area (Å²) in [5.74, 6) is 0.806. The number of aromatic nitrogens is 1. The average molecular weight is 548 g/mol. The van der Waals surface area contributed by atoms with Gasteiger partial charge in [-0.3, -0.25) is 9.78 Å². The van der Waals surface area contributed by atoms with E-state index in [-0.39, 0.29) is 5.78 Å². The molecule has 4 aromatic rings. The zero-order valence-electron chi connectivity index (χ0n) is 23.7. The van der Waals surface area contributed by atoms with E-state index in [1.54, 1.807) is 19.2 Å². The molecular weight excluding hydrogens is 514 g/mol. The van der Waals surface area contributed by atoms with Gasteiger partial charge in [0.05, 0.1) is 17.2 Å². The molecule has 0 saturated carbocycles. The van der Waals surface area contributed by atoms with Crippen molar-refractivity contribution < 1.29 is 19.1 Å². The van der Waals surface area contributed by atoms with Crippen LogP contribution in [0.1, 0.15) is 59.1 Å². The Morgan fingerprint density at radius 1 is 0.976 bits per heavy atom. The van der Waals surface area contributed by atoms with Gasteiger partial charge in [0.1, 0.15) is 11.5 Å². The van der Waals surface area contributed by atoms with E-state index in [2.05, 4.69) is 35.1 Å². The van der Waals surface area contributed by atoms with Crippen LogP contribution in [0.5, 0.6) is 11.5 Å². The van der Waals surface area contributed by atoms with Crippen LogP contribution in [0.4, 0.5) is 11.4 Å². The number of anilines is 2. The van der Waals surface area contributed by atoms with Gasteiger partial charge in [-0.05, 0) is 75.7 Å². The van der Waals surface area contributed by atoms with E-state index in [4.69, 9.17) is 9.47 Å². The molecule has 1 N–H and O–H groups in total. The smallest absolute Gasteiger partial charge is 0.340 e. The van der Waals surface area contributed by atoms with Crippen molar-refractivity contribution in [2.24, 2.45) is 0 Å². The number of rotatable bonds is 8. The van der Waals surface area contributed by atoms with Gasteiger partial charge in [0.2, 0.25) is 0 Å². The maximum atomic E-state index is 13.4. The van der Waals surface area contributed by atoms with E-state index in [1.165, 1.54) is 0 Å². The number of pyridine rings is 1. The molecule has 7 nitrogen and oxygen atoms in total. The molecule has 208 valence electrons. The number of carbonyl (C=O) groups is 2. The molecule has 0 fully saturated rings. The first-order valence-electron chi connectivity index (χ1n) is 14.1. The molecule has 2 aliphatic heterocycles. The summed E-state index contributed by atoms with van der Waals surface area (Å²) in [4.78, 5) is 33.0. The van der Waals surface area contributed by atoms with Crippen molar-refractivity contribution in [3.63, 3.8) is 0 Å². The molecule has 1 aromatic heterocycles. The summed E-state index contributed by atoms with van der Waals surface area (Å²) in [7, 11) is 0. The Balaban J connectivity index is 1.56. The van der Waals surface area contributed by atoms with E-state index in [0.29, 0.717) is 34.7 Å². The number of Topliss-reactive ketones (excluding diaryl/α,β-unsaturated/α-hetero) is 1. The minimum Gasteiger partial charge on any atom is -0.456 e. The van der Waals surface area contributed by atoms with Gasteiger partial charge in [0, 0.05) is 60.0 Å². The Labute approximate surface area is 240 Å². The SMILES string of the molecule is CCN(CC)c1ccc2c(c1)Oc1cc(C)cc(NC(Cc3ccccn3)C(C)=O)c1C21OC(=O)c2ccccc21. The van der Waals surface area contributed by atoms with Crippen LogP contribution in [-0.4, -0.2) is 35.9 Å². The number of aryl methyl sites for hydroxylation is 1.